The van der Waals surface area contributed by atoms with Crippen molar-refractivity contribution in [3.63, 3.8) is 0 Å². The van der Waals surface area contributed by atoms with E-state index in [1.54, 1.807) is 0 Å². The summed E-state index contributed by atoms with van der Waals surface area (Å²) in [6, 6.07) is 7.46. The van der Waals surface area contributed by atoms with Gasteiger partial charge in [0, 0.05) is 23.7 Å². The van der Waals surface area contributed by atoms with Crippen LogP contribution in [0.2, 0.25) is 5.02 Å². The maximum atomic E-state index is 12.3. The molecule has 0 unspecified atom stereocenters. The number of hydrogen-bond acceptors (Lipinski definition) is 4. The minimum absolute atomic E-state index is 0.0789. The van der Waals surface area contributed by atoms with Gasteiger partial charge in [-0.1, -0.05) is 23.7 Å². The fraction of sp³-hybridized carbons (Fsp3) is 0.412. The molecule has 0 aliphatic heterocycles. The summed E-state index contributed by atoms with van der Waals surface area (Å²) in [5.41, 5.74) is 1.71. The number of ether oxygens (including phenoxy) is 1. The molecule has 6 heteroatoms. The van der Waals surface area contributed by atoms with Crippen LogP contribution in [0.3, 0.4) is 0 Å². The van der Waals surface area contributed by atoms with Gasteiger partial charge in [-0.15, -0.1) is 11.3 Å². The van der Waals surface area contributed by atoms with Crippen LogP contribution in [0.25, 0.3) is 10.6 Å². The summed E-state index contributed by atoms with van der Waals surface area (Å²) in [4.78, 5) is 17.4. The normalized spacial score (nSPS) is 11.0. The van der Waals surface area contributed by atoms with E-state index in [-0.39, 0.29) is 12.0 Å². The summed E-state index contributed by atoms with van der Waals surface area (Å²) in [6.45, 7) is 7.09. The number of aryl methyl sites for hydroxylation is 1. The van der Waals surface area contributed by atoms with Crippen molar-refractivity contribution in [2.24, 2.45) is 0 Å². The summed E-state index contributed by atoms with van der Waals surface area (Å²) in [5.74, 6) is -0.0789. The van der Waals surface area contributed by atoms with Gasteiger partial charge in [0.25, 0.3) is 5.91 Å². The Hall–Kier alpha value is -1.43. The zero-order valence-electron chi connectivity index (χ0n) is 13.6. The Morgan fingerprint density at radius 3 is 2.70 bits per heavy atom. The third kappa shape index (κ3) is 5.30. The number of carbonyl (C=O) groups excluding carboxylic acids is 1. The maximum absolute atomic E-state index is 12.3. The van der Waals surface area contributed by atoms with E-state index in [1.807, 2.05) is 45.0 Å². The Balaban J connectivity index is 1.95. The zero-order valence-corrected chi connectivity index (χ0v) is 15.1. The van der Waals surface area contributed by atoms with Crippen LogP contribution < -0.4 is 5.32 Å². The monoisotopic (exact) mass is 352 g/mol. The molecule has 0 aliphatic carbocycles. The number of nitrogens with one attached hydrogen (secondary N) is 1. The van der Waals surface area contributed by atoms with E-state index in [2.05, 4.69) is 10.3 Å². The second kappa shape index (κ2) is 8.43. The number of benzene rings is 1. The van der Waals surface area contributed by atoms with Crippen molar-refractivity contribution in [3.8, 4) is 10.6 Å². The second-order valence-electron chi connectivity index (χ2n) is 5.47. The average Bonchev–Trinajstić information content (AvgIpc) is 2.89. The Bertz CT molecular complexity index is 653. The number of amides is 1. The van der Waals surface area contributed by atoms with Crippen LogP contribution in [0.5, 0.6) is 0 Å². The molecule has 1 aromatic carbocycles. The first-order valence-electron chi connectivity index (χ1n) is 7.60. The third-order valence-electron chi connectivity index (χ3n) is 3.15. The van der Waals surface area contributed by atoms with E-state index in [1.165, 1.54) is 11.3 Å². The van der Waals surface area contributed by atoms with Gasteiger partial charge in [-0.25, -0.2) is 4.98 Å². The lowest BCUT2D eigenvalue weighted by Crippen LogP contribution is -2.25. The highest BCUT2D eigenvalue weighted by atomic mass is 35.5. The second-order valence-corrected chi connectivity index (χ2v) is 6.90. The number of halogens is 1. The summed E-state index contributed by atoms with van der Waals surface area (Å²) in [5, 5.41) is 4.43. The Labute approximate surface area is 145 Å². The Kier molecular flexibility index (Phi) is 6.57. The van der Waals surface area contributed by atoms with Gasteiger partial charge in [-0.2, -0.15) is 0 Å². The number of carbonyl (C=O) groups is 1. The van der Waals surface area contributed by atoms with Crippen LogP contribution >= 0.6 is 22.9 Å². The van der Waals surface area contributed by atoms with E-state index in [4.69, 9.17) is 16.3 Å². The zero-order chi connectivity index (χ0) is 16.8. The first-order chi connectivity index (χ1) is 11.0. The van der Waals surface area contributed by atoms with E-state index in [9.17, 15) is 4.79 Å². The average molecular weight is 353 g/mol. The van der Waals surface area contributed by atoms with Crippen molar-refractivity contribution in [1.82, 2.24) is 10.3 Å². The number of nitrogens with zero attached hydrogens (tertiary/aromatic N) is 1. The summed E-state index contributed by atoms with van der Waals surface area (Å²) in [6.07, 6.45) is 1.02. The van der Waals surface area contributed by atoms with Gasteiger partial charge >= 0.3 is 0 Å². The molecule has 2 rings (SSSR count). The highest BCUT2D eigenvalue weighted by Crippen LogP contribution is 2.28. The topological polar surface area (TPSA) is 51.2 Å². The Morgan fingerprint density at radius 2 is 2.04 bits per heavy atom. The predicted molar refractivity (Wildman–Crippen MR) is 95.3 cm³/mol. The van der Waals surface area contributed by atoms with Gasteiger partial charge in [-0.05, 0) is 39.3 Å². The van der Waals surface area contributed by atoms with Gasteiger partial charge < -0.3 is 10.1 Å². The van der Waals surface area contributed by atoms with Crippen LogP contribution in [0, 0.1) is 6.92 Å². The number of thiazole rings is 1. The number of hydrogen-bond donors (Lipinski definition) is 1. The fourth-order valence-electron chi connectivity index (χ4n) is 2.00. The molecule has 1 amide bonds. The molecular weight excluding hydrogens is 332 g/mol. The van der Waals surface area contributed by atoms with E-state index in [0.29, 0.717) is 23.1 Å². The predicted octanol–water partition coefficient (Wildman–Crippen LogP) is 4.32. The largest absolute Gasteiger partial charge is 0.379 e. The molecule has 1 heterocycles. The molecule has 0 fully saturated rings. The summed E-state index contributed by atoms with van der Waals surface area (Å²) >= 11 is 7.29. The van der Waals surface area contributed by atoms with Crippen LogP contribution in [0.15, 0.2) is 24.3 Å². The molecule has 124 valence electrons. The molecule has 23 heavy (non-hydrogen) atoms. The molecule has 0 bridgehead atoms. The molecule has 0 spiro atoms. The molecule has 0 radical (unpaired) electrons. The van der Waals surface area contributed by atoms with Gasteiger partial charge in [-0.3, -0.25) is 4.79 Å². The lowest BCUT2D eigenvalue weighted by molar-refractivity contribution is 0.0757. The van der Waals surface area contributed by atoms with Crippen LogP contribution in [0.1, 0.15) is 35.6 Å². The quantitative estimate of drug-likeness (QED) is 0.755. The molecule has 4 nitrogen and oxygen atoms in total. The summed E-state index contributed by atoms with van der Waals surface area (Å²) < 4.78 is 5.45. The minimum atomic E-state index is -0.0789. The molecule has 0 atom stereocenters. The van der Waals surface area contributed by atoms with Gasteiger partial charge in [0.15, 0.2) is 0 Å². The van der Waals surface area contributed by atoms with Crippen molar-refractivity contribution in [2.75, 3.05) is 13.2 Å². The maximum Gasteiger partial charge on any atom is 0.263 e. The molecule has 1 aromatic heterocycles. The lowest BCUT2D eigenvalue weighted by atomic mass is 10.2. The number of rotatable bonds is 7. The SMILES string of the molecule is Cc1nc(-c2ccc(Cl)cc2)sc1C(=O)NCCCOC(C)C. The smallest absolute Gasteiger partial charge is 0.263 e. The number of aromatic nitrogens is 1. The molecule has 0 saturated carbocycles. The molecule has 0 saturated heterocycles. The summed E-state index contributed by atoms with van der Waals surface area (Å²) in [7, 11) is 0. The third-order valence-corrected chi connectivity index (χ3v) is 4.61. The van der Waals surface area contributed by atoms with Crippen LogP contribution in [-0.4, -0.2) is 30.1 Å². The van der Waals surface area contributed by atoms with Gasteiger partial charge in [0.05, 0.1) is 11.8 Å². The lowest BCUT2D eigenvalue weighted by Gasteiger charge is -2.07. The fourth-order valence-corrected chi connectivity index (χ4v) is 3.11. The van der Waals surface area contributed by atoms with Crippen molar-refractivity contribution in [2.45, 2.75) is 33.3 Å². The first-order valence-corrected chi connectivity index (χ1v) is 8.80. The molecule has 0 aliphatic rings. The van der Waals surface area contributed by atoms with Gasteiger partial charge in [0.2, 0.25) is 0 Å². The standard InChI is InChI=1S/C17H21ClN2O2S/c1-11(2)22-10-4-9-19-16(21)15-12(3)20-17(23-15)13-5-7-14(18)8-6-13/h5-8,11H,4,9-10H2,1-3H3,(H,19,21). The first kappa shape index (κ1) is 17.9. The van der Waals surface area contributed by atoms with E-state index >= 15 is 0 Å². The van der Waals surface area contributed by atoms with Gasteiger partial charge in [0.1, 0.15) is 9.88 Å². The highest BCUT2D eigenvalue weighted by molar-refractivity contribution is 7.17. The van der Waals surface area contributed by atoms with E-state index in [0.717, 1.165) is 22.7 Å². The van der Waals surface area contributed by atoms with Crippen molar-refractivity contribution in [1.29, 1.82) is 0 Å². The Morgan fingerprint density at radius 1 is 1.35 bits per heavy atom. The minimum Gasteiger partial charge on any atom is -0.379 e. The van der Waals surface area contributed by atoms with Crippen molar-refractivity contribution >= 4 is 28.8 Å². The van der Waals surface area contributed by atoms with Crippen molar-refractivity contribution < 1.29 is 9.53 Å². The van der Waals surface area contributed by atoms with Crippen LogP contribution in [-0.2, 0) is 4.74 Å². The molecular formula is C17H21ClN2O2S. The van der Waals surface area contributed by atoms with Crippen LogP contribution in [0.4, 0.5) is 0 Å². The van der Waals surface area contributed by atoms with E-state index < -0.39 is 0 Å². The molecule has 2 aromatic rings. The van der Waals surface area contributed by atoms with Crippen molar-refractivity contribution in [3.05, 3.63) is 39.9 Å². The highest BCUT2D eigenvalue weighted by Gasteiger charge is 2.15. The molecule has 1 N–H and O–H groups in total.